The number of sulfonamides is 1. The van der Waals surface area contributed by atoms with Crippen LogP contribution in [0.2, 0.25) is 10.0 Å². The zero-order valence-electron chi connectivity index (χ0n) is 11.3. The van der Waals surface area contributed by atoms with Crippen molar-refractivity contribution in [3.8, 4) is 0 Å². The van der Waals surface area contributed by atoms with Crippen LogP contribution in [0.5, 0.6) is 0 Å². The van der Waals surface area contributed by atoms with Gasteiger partial charge in [-0.25, -0.2) is 8.42 Å². The zero-order chi connectivity index (χ0) is 15.7. The van der Waals surface area contributed by atoms with E-state index in [1.807, 2.05) is 24.3 Å². The number of hydrogen-bond donors (Lipinski definition) is 1. The number of anilines is 1. The highest BCUT2D eigenvalue weighted by Crippen LogP contribution is 2.28. The first-order valence-corrected chi connectivity index (χ1v) is 8.66. The monoisotopic (exact) mass is 351 g/mol. The Kier molecular flexibility index (Phi) is 4.00. The second-order valence-corrected chi connectivity index (χ2v) is 7.26. The first-order valence-electron chi connectivity index (χ1n) is 6.42. The molecule has 0 aliphatic rings. The maximum Gasteiger partial charge on any atom is 0.261 e. The Hall–Kier alpha value is -1.75. The summed E-state index contributed by atoms with van der Waals surface area (Å²) >= 11 is 11.9. The van der Waals surface area contributed by atoms with Crippen molar-refractivity contribution in [3.05, 3.63) is 70.7 Å². The highest BCUT2D eigenvalue weighted by Gasteiger charge is 2.16. The van der Waals surface area contributed by atoms with Gasteiger partial charge < -0.3 is 0 Å². The second kappa shape index (κ2) is 5.80. The van der Waals surface area contributed by atoms with Crippen molar-refractivity contribution in [1.29, 1.82) is 0 Å². The highest BCUT2D eigenvalue weighted by atomic mass is 35.5. The van der Waals surface area contributed by atoms with Crippen LogP contribution >= 0.6 is 23.2 Å². The molecule has 0 radical (unpaired) electrons. The number of halogens is 2. The van der Waals surface area contributed by atoms with E-state index < -0.39 is 10.0 Å². The summed E-state index contributed by atoms with van der Waals surface area (Å²) in [7, 11) is -3.74. The van der Waals surface area contributed by atoms with Gasteiger partial charge in [-0.3, -0.25) is 4.72 Å². The molecule has 0 aromatic heterocycles. The molecule has 112 valence electrons. The Morgan fingerprint density at radius 3 is 2.32 bits per heavy atom. The first-order chi connectivity index (χ1) is 10.5. The van der Waals surface area contributed by atoms with Crippen LogP contribution in [0.4, 0.5) is 5.69 Å². The molecule has 0 aliphatic heterocycles. The van der Waals surface area contributed by atoms with Crippen molar-refractivity contribution in [2.45, 2.75) is 4.90 Å². The van der Waals surface area contributed by atoms with Crippen LogP contribution in [0.15, 0.2) is 65.6 Å². The van der Waals surface area contributed by atoms with Crippen molar-refractivity contribution >= 4 is 49.7 Å². The quantitative estimate of drug-likeness (QED) is 0.725. The summed E-state index contributed by atoms with van der Waals surface area (Å²) in [5.74, 6) is 0. The Bertz CT molecular complexity index is 955. The summed E-state index contributed by atoms with van der Waals surface area (Å²) in [5.41, 5.74) is 0.252. The van der Waals surface area contributed by atoms with E-state index in [1.165, 1.54) is 6.07 Å². The summed E-state index contributed by atoms with van der Waals surface area (Å²) in [5, 5.41) is 2.51. The number of rotatable bonds is 3. The largest absolute Gasteiger partial charge is 0.278 e. The molecule has 0 unspecified atom stereocenters. The van der Waals surface area contributed by atoms with E-state index in [0.29, 0.717) is 5.02 Å². The van der Waals surface area contributed by atoms with E-state index in [9.17, 15) is 8.42 Å². The Balaban J connectivity index is 2.02. The molecule has 0 bridgehead atoms. The molecule has 0 aliphatic carbocycles. The number of benzene rings is 3. The van der Waals surface area contributed by atoms with Crippen molar-refractivity contribution in [1.82, 2.24) is 0 Å². The molecule has 22 heavy (non-hydrogen) atoms. The summed E-state index contributed by atoms with van der Waals surface area (Å²) in [6.07, 6.45) is 0. The van der Waals surface area contributed by atoms with Crippen molar-refractivity contribution in [2.24, 2.45) is 0 Å². The van der Waals surface area contributed by atoms with Gasteiger partial charge in [-0.2, -0.15) is 0 Å². The fourth-order valence-electron chi connectivity index (χ4n) is 2.11. The molecule has 0 spiro atoms. The van der Waals surface area contributed by atoms with Crippen LogP contribution < -0.4 is 4.72 Å². The molecule has 6 heteroatoms. The highest BCUT2D eigenvalue weighted by molar-refractivity contribution is 7.92. The first kappa shape index (κ1) is 15.2. The third-order valence-electron chi connectivity index (χ3n) is 3.20. The zero-order valence-corrected chi connectivity index (χ0v) is 13.6. The average molecular weight is 352 g/mol. The summed E-state index contributed by atoms with van der Waals surface area (Å²) in [4.78, 5) is 0.169. The molecule has 3 aromatic rings. The van der Waals surface area contributed by atoms with Gasteiger partial charge >= 0.3 is 0 Å². The van der Waals surface area contributed by atoms with Gasteiger partial charge in [0, 0.05) is 5.02 Å². The molecule has 0 heterocycles. The van der Waals surface area contributed by atoms with Gasteiger partial charge in [0.15, 0.2) is 0 Å². The fraction of sp³-hybridized carbons (Fsp3) is 0. The molecule has 1 N–H and O–H groups in total. The van der Waals surface area contributed by atoms with Crippen LogP contribution in [0.3, 0.4) is 0 Å². The minimum atomic E-state index is -3.74. The minimum Gasteiger partial charge on any atom is -0.278 e. The Morgan fingerprint density at radius 1 is 0.818 bits per heavy atom. The Morgan fingerprint density at radius 2 is 1.55 bits per heavy atom. The van der Waals surface area contributed by atoms with Crippen LogP contribution in [0.1, 0.15) is 0 Å². The van der Waals surface area contributed by atoms with Crippen molar-refractivity contribution in [2.75, 3.05) is 4.72 Å². The van der Waals surface area contributed by atoms with E-state index in [2.05, 4.69) is 4.72 Å². The van der Waals surface area contributed by atoms with Gasteiger partial charge in [0.05, 0.1) is 15.6 Å². The third kappa shape index (κ3) is 3.04. The fourth-order valence-corrected chi connectivity index (χ4v) is 3.61. The molecule has 0 atom stereocenters. The second-order valence-electron chi connectivity index (χ2n) is 4.74. The Labute approximate surface area is 138 Å². The van der Waals surface area contributed by atoms with E-state index >= 15 is 0 Å². The lowest BCUT2D eigenvalue weighted by atomic mass is 10.1. The maximum atomic E-state index is 12.5. The van der Waals surface area contributed by atoms with Crippen LogP contribution in [-0.2, 0) is 10.0 Å². The van der Waals surface area contributed by atoms with Crippen LogP contribution in [-0.4, -0.2) is 8.42 Å². The van der Waals surface area contributed by atoms with Gasteiger partial charge in [-0.1, -0.05) is 53.5 Å². The van der Waals surface area contributed by atoms with Crippen molar-refractivity contribution in [3.63, 3.8) is 0 Å². The number of hydrogen-bond acceptors (Lipinski definition) is 2. The van der Waals surface area contributed by atoms with Gasteiger partial charge in [0.1, 0.15) is 0 Å². The van der Waals surface area contributed by atoms with E-state index in [1.54, 1.807) is 30.3 Å². The lowest BCUT2D eigenvalue weighted by Gasteiger charge is -2.10. The lowest BCUT2D eigenvalue weighted by molar-refractivity contribution is 0.601. The predicted octanol–water partition coefficient (Wildman–Crippen LogP) is 4.95. The normalized spacial score (nSPS) is 11.5. The molecular weight excluding hydrogens is 341 g/mol. The number of nitrogens with one attached hydrogen (secondary N) is 1. The maximum absolute atomic E-state index is 12.5. The SMILES string of the molecule is O=S(=O)(Nc1cc(Cl)ccc1Cl)c1ccc2ccccc2c1. The van der Waals surface area contributed by atoms with Crippen LogP contribution in [0, 0.1) is 0 Å². The molecule has 3 aromatic carbocycles. The molecular formula is C16H11Cl2NO2S. The number of fused-ring (bicyclic) bond motifs is 1. The standard InChI is InChI=1S/C16H11Cl2NO2S/c17-13-6-8-15(18)16(10-13)19-22(20,21)14-7-5-11-3-1-2-4-12(11)9-14/h1-10,19H. The van der Waals surface area contributed by atoms with Crippen LogP contribution in [0.25, 0.3) is 10.8 Å². The van der Waals surface area contributed by atoms with Gasteiger partial charge in [-0.05, 0) is 41.1 Å². The molecule has 0 fully saturated rings. The molecule has 3 rings (SSSR count). The van der Waals surface area contributed by atoms with Gasteiger partial charge in [0.2, 0.25) is 0 Å². The minimum absolute atomic E-state index is 0.169. The van der Waals surface area contributed by atoms with E-state index in [4.69, 9.17) is 23.2 Å². The predicted molar refractivity (Wildman–Crippen MR) is 91.2 cm³/mol. The smallest absolute Gasteiger partial charge is 0.261 e. The molecule has 0 saturated carbocycles. The van der Waals surface area contributed by atoms with E-state index in [0.717, 1.165) is 10.8 Å². The molecule has 0 amide bonds. The topological polar surface area (TPSA) is 46.2 Å². The molecule has 0 saturated heterocycles. The molecule has 3 nitrogen and oxygen atoms in total. The summed E-state index contributed by atoms with van der Waals surface area (Å²) in [6.45, 7) is 0. The van der Waals surface area contributed by atoms with Gasteiger partial charge in [-0.15, -0.1) is 0 Å². The van der Waals surface area contributed by atoms with Gasteiger partial charge in [0.25, 0.3) is 10.0 Å². The average Bonchev–Trinajstić information content (AvgIpc) is 2.50. The summed E-state index contributed by atoms with van der Waals surface area (Å²) < 4.78 is 27.5. The summed E-state index contributed by atoms with van der Waals surface area (Å²) in [6, 6.07) is 17.1. The third-order valence-corrected chi connectivity index (χ3v) is 5.13. The van der Waals surface area contributed by atoms with E-state index in [-0.39, 0.29) is 15.6 Å². The lowest BCUT2D eigenvalue weighted by Crippen LogP contribution is -2.13. The van der Waals surface area contributed by atoms with Crippen molar-refractivity contribution < 1.29 is 8.42 Å².